The second-order valence-electron chi connectivity index (χ2n) is 14.8. The third-order valence-corrected chi connectivity index (χ3v) is 12.4. The highest BCUT2D eigenvalue weighted by Gasteiger charge is 2.47. The predicted molar refractivity (Wildman–Crippen MR) is 154 cm³/mol. The lowest BCUT2D eigenvalue weighted by Crippen LogP contribution is -2.42. The monoisotopic (exact) mass is 485 g/mol. The fourth-order valence-electron chi connectivity index (χ4n) is 10.5. The van der Waals surface area contributed by atoms with Gasteiger partial charge in [0, 0.05) is 0 Å². The summed E-state index contributed by atoms with van der Waals surface area (Å²) in [6.45, 7) is 12.3. The van der Waals surface area contributed by atoms with Crippen molar-refractivity contribution in [1.82, 2.24) is 0 Å². The minimum Gasteiger partial charge on any atom is -0.0654 e. The molecule has 0 aliphatic heterocycles. The number of hydrogen-bond donors (Lipinski definition) is 0. The Bertz CT molecular complexity index is 585. The third kappa shape index (κ3) is 7.11. The van der Waals surface area contributed by atoms with Crippen LogP contribution in [0.4, 0.5) is 0 Å². The van der Waals surface area contributed by atoms with Crippen molar-refractivity contribution < 1.29 is 0 Å². The van der Waals surface area contributed by atoms with Crippen LogP contribution in [0.5, 0.6) is 0 Å². The summed E-state index contributed by atoms with van der Waals surface area (Å²) >= 11 is 0. The first-order valence-electron chi connectivity index (χ1n) is 17.0. The first-order valence-corrected chi connectivity index (χ1v) is 17.0. The molecule has 0 nitrogen and oxygen atoms in total. The van der Waals surface area contributed by atoms with Gasteiger partial charge in [-0.05, 0) is 116 Å². The van der Waals surface area contributed by atoms with Crippen molar-refractivity contribution in [2.24, 2.45) is 65.1 Å². The van der Waals surface area contributed by atoms with Gasteiger partial charge in [0.2, 0.25) is 0 Å². The van der Waals surface area contributed by atoms with Crippen LogP contribution in [0.2, 0.25) is 0 Å². The van der Waals surface area contributed by atoms with Crippen molar-refractivity contribution in [3.63, 3.8) is 0 Å². The molecule has 0 aromatic heterocycles. The molecule has 0 bridgehead atoms. The minimum absolute atomic E-state index is 1.01. The molecule has 204 valence electrons. The average Bonchev–Trinajstić information content (AvgIpc) is 3.52. The standard InChI is InChI=1S/C21H38.C14H26/c1-4-5-8-19-16(3)14-18-7-6-9-20(18)21(19)17-12-10-15(2)11-13-17;1-3-12-6-4-5-7-14(12)13-9-8-11(2)10-13/h15-21H,4-14H2,1-3H3;11-14H,3-10H2,1-2H3. The van der Waals surface area contributed by atoms with Crippen molar-refractivity contribution in [1.29, 1.82) is 0 Å². The molecule has 0 radical (unpaired) electrons. The van der Waals surface area contributed by atoms with Crippen molar-refractivity contribution in [2.45, 2.75) is 157 Å². The zero-order valence-electron chi connectivity index (χ0n) is 24.8. The summed E-state index contributed by atoms with van der Waals surface area (Å²) in [5, 5.41) is 0. The summed E-state index contributed by atoms with van der Waals surface area (Å²) in [6, 6.07) is 0. The van der Waals surface area contributed by atoms with Gasteiger partial charge in [0.15, 0.2) is 0 Å². The van der Waals surface area contributed by atoms with Gasteiger partial charge in [0.25, 0.3) is 0 Å². The molecule has 0 N–H and O–H groups in total. The van der Waals surface area contributed by atoms with Gasteiger partial charge in [0.05, 0.1) is 0 Å². The molecule has 0 aromatic carbocycles. The van der Waals surface area contributed by atoms with Gasteiger partial charge in [-0.15, -0.1) is 0 Å². The van der Waals surface area contributed by atoms with E-state index in [9.17, 15) is 0 Å². The second kappa shape index (κ2) is 13.7. The predicted octanol–water partition coefficient (Wildman–Crippen LogP) is 11.3. The van der Waals surface area contributed by atoms with E-state index >= 15 is 0 Å². The van der Waals surface area contributed by atoms with Crippen LogP contribution >= 0.6 is 0 Å². The molecule has 0 saturated heterocycles. The first kappa shape index (κ1) is 28.0. The van der Waals surface area contributed by atoms with Crippen LogP contribution in [0.25, 0.3) is 0 Å². The van der Waals surface area contributed by atoms with Crippen LogP contribution in [0.15, 0.2) is 0 Å². The molecule has 5 saturated carbocycles. The van der Waals surface area contributed by atoms with Crippen molar-refractivity contribution in [3.05, 3.63) is 0 Å². The van der Waals surface area contributed by atoms with E-state index in [-0.39, 0.29) is 0 Å². The summed E-state index contributed by atoms with van der Waals surface area (Å²) in [4.78, 5) is 0. The van der Waals surface area contributed by atoms with E-state index in [2.05, 4.69) is 34.6 Å². The van der Waals surface area contributed by atoms with Crippen molar-refractivity contribution >= 4 is 0 Å². The summed E-state index contributed by atoms with van der Waals surface area (Å²) < 4.78 is 0. The minimum atomic E-state index is 1.01. The van der Waals surface area contributed by atoms with Crippen LogP contribution in [-0.4, -0.2) is 0 Å². The Balaban J connectivity index is 0.000000179. The zero-order valence-corrected chi connectivity index (χ0v) is 24.8. The SMILES string of the molecule is CCC1CCCCC1C1CCC(C)C1.CCCCC1C(C)CC2CCCC2C1C1CCC(C)CC1. The molecule has 5 aliphatic carbocycles. The molecule has 9 unspecified atom stereocenters. The van der Waals surface area contributed by atoms with E-state index in [0.717, 1.165) is 65.1 Å². The van der Waals surface area contributed by atoms with Gasteiger partial charge in [-0.1, -0.05) is 105 Å². The zero-order chi connectivity index (χ0) is 24.8. The average molecular weight is 485 g/mol. The molecule has 0 amide bonds. The van der Waals surface area contributed by atoms with Gasteiger partial charge >= 0.3 is 0 Å². The molecule has 9 atom stereocenters. The molecule has 0 heteroatoms. The molecule has 0 spiro atoms. The van der Waals surface area contributed by atoms with Gasteiger partial charge < -0.3 is 0 Å². The summed E-state index contributed by atoms with van der Waals surface area (Å²) in [6.07, 6.45) is 29.0. The Hall–Kier alpha value is 0. The molecule has 5 aliphatic rings. The quantitative estimate of drug-likeness (QED) is 0.351. The Morgan fingerprint density at radius 3 is 1.91 bits per heavy atom. The van der Waals surface area contributed by atoms with Crippen LogP contribution in [0.1, 0.15) is 157 Å². The summed E-state index contributed by atoms with van der Waals surface area (Å²) in [5.74, 6) is 11.9. The fraction of sp³-hybridized carbons (Fsp3) is 1.00. The van der Waals surface area contributed by atoms with Gasteiger partial charge in [-0.25, -0.2) is 0 Å². The lowest BCUT2D eigenvalue weighted by molar-refractivity contribution is -0.00156. The van der Waals surface area contributed by atoms with Crippen molar-refractivity contribution in [3.8, 4) is 0 Å². The normalized spacial score (nSPS) is 46.0. The number of fused-ring (bicyclic) bond motifs is 1. The van der Waals surface area contributed by atoms with E-state index in [0.29, 0.717) is 0 Å². The van der Waals surface area contributed by atoms with E-state index in [1.165, 1.54) is 64.2 Å². The van der Waals surface area contributed by atoms with Crippen LogP contribution in [-0.2, 0) is 0 Å². The largest absolute Gasteiger partial charge is 0.0654 e. The third-order valence-electron chi connectivity index (χ3n) is 12.4. The van der Waals surface area contributed by atoms with Crippen LogP contribution < -0.4 is 0 Å². The lowest BCUT2D eigenvalue weighted by Gasteiger charge is -2.49. The molecule has 5 rings (SSSR count). The topological polar surface area (TPSA) is 0 Å². The molecule has 0 heterocycles. The molecular formula is C35H64. The van der Waals surface area contributed by atoms with Gasteiger partial charge in [-0.3, -0.25) is 0 Å². The van der Waals surface area contributed by atoms with E-state index in [1.54, 1.807) is 57.8 Å². The molecular weight excluding hydrogens is 420 g/mol. The highest BCUT2D eigenvalue weighted by Crippen LogP contribution is 2.56. The van der Waals surface area contributed by atoms with E-state index in [4.69, 9.17) is 0 Å². The number of rotatable bonds is 6. The van der Waals surface area contributed by atoms with Gasteiger partial charge in [-0.2, -0.15) is 0 Å². The molecule has 0 aromatic rings. The smallest absolute Gasteiger partial charge is 0.0324 e. The maximum Gasteiger partial charge on any atom is -0.0324 e. The highest BCUT2D eigenvalue weighted by molar-refractivity contribution is 4.97. The maximum atomic E-state index is 2.60. The highest BCUT2D eigenvalue weighted by atomic mass is 14.5. The first-order chi connectivity index (χ1) is 17.0. The fourth-order valence-corrected chi connectivity index (χ4v) is 10.5. The Labute approximate surface area is 221 Å². The summed E-state index contributed by atoms with van der Waals surface area (Å²) in [7, 11) is 0. The van der Waals surface area contributed by atoms with E-state index in [1.807, 2.05) is 0 Å². The Morgan fingerprint density at radius 2 is 1.23 bits per heavy atom. The summed E-state index contributed by atoms with van der Waals surface area (Å²) in [5.41, 5.74) is 0. The van der Waals surface area contributed by atoms with E-state index < -0.39 is 0 Å². The van der Waals surface area contributed by atoms with Crippen molar-refractivity contribution in [2.75, 3.05) is 0 Å². The van der Waals surface area contributed by atoms with Gasteiger partial charge in [0.1, 0.15) is 0 Å². The lowest BCUT2D eigenvalue weighted by atomic mass is 9.56. The number of hydrogen-bond acceptors (Lipinski definition) is 0. The molecule has 5 fully saturated rings. The molecule has 35 heavy (non-hydrogen) atoms. The van der Waals surface area contributed by atoms with Crippen LogP contribution in [0, 0.1) is 65.1 Å². The Kier molecular flexibility index (Phi) is 11.0. The number of unbranched alkanes of at least 4 members (excludes halogenated alkanes) is 1. The second-order valence-corrected chi connectivity index (χ2v) is 14.8. The van der Waals surface area contributed by atoms with Crippen LogP contribution in [0.3, 0.4) is 0 Å². The Morgan fingerprint density at radius 1 is 0.571 bits per heavy atom. The maximum absolute atomic E-state index is 2.60.